The second kappa shape index (κ2) is 6.67. The van der Waals surface area contributed by atoms with Crippen LogP contribution in [0, 0.1) is 35.5 Å². The number of rotatable bonds is 4. The summed E-state index contributed by atoms with van der Waals surface area (Å²) >= 11 is 0. The summed E-state index contributed by atoms with van der Waals surface area (Å²) in [7, 11) is 0. The smallest absolute Gasteiger partial charge is 0.00272 e. The lowest BCUT2D eigenvalue weighted by Gasteiger charge is -2.37. The molecule has 0 N–H and O–H groups in total. The second-order valence-electron chi connectivity index (χ2n) is 7.74. The first-order valence-corrected chi connectivity index (χ1v) is 9.08. The number of hydrogen-bond donors (Lipinski definition) is 0. The Morgan fingerprint density at radius 2 is 1.65 bits per heavy atom. The molecule has 0 nitrogen and oxygen atoms in total. The second-order valence-corrected chi connectivity index (χ2v) is 7.74. The highest BCUT2D eigenvalue weighted by Crippen LogP contribution is 2.48. The molecular formula is C20H32. The molecule has 20 heavy (non-hydrogen) atoms. The fourth-order valence-corrected chi connectivity index (χ4v) is 4.65. The molecule has 0 spiro atoms. The summed E-state index contributed by atoms with van der Waals surface area (Å²) in [5, 5.41) is 0. The summed E-state index contributed by atoms with van der Waals surface area (Å²) < 4.78 is 0. The lowest BCUT2D eigenvalue weighted by molar-refractivity contribution is 0.279. The average molecular weight is 272 g/mol. The van der Waals surface area contributed by atoms with E-state index in [1.807, 2.05) is 5.92 Å². The molecule has 0 heteroatoms. The summed E-state index contributed by atoms with van der Waals surface area (Å²) in [6.45, 7) is 4.59. The number of allylic oxidation sites excluding steroid dienone is 2. The Kier molecular flexibility index (Phi) is 4.89. The highest BCUT2D eigenvalue weighted by Gasteiger charge is 2.36. The molecule has 2 radical (unpaired) electrons. The van der Waals surface area contributed by atoms with E-state index in [9.17, 15) is 0 Å². The van der Waals surface area contributed by atoms with Gasteiger partial charge in [0.15, 0.2) is 0 Å². The molecule has 0 amide bonds. The normalized spacial score (nSPS) is 34.9. The van der Waals surface area contributed by atoms with E-state index in [-0.39, 0.29) is 0 Å². The van der Waals surface area contributed by atoms with Gasteiger partial charge in [-0.15, -0.1) is 0 Å². The van der Waals surface area contributed by atoms with Gasteiger partial charge in [0.05, 0.1) is 0 Å². The highest BCUT2D eigenvalue weighted by molar-refractivity contribution is 5.14. The fraction of sp³-hybridized carbons (Fsp3) is 0.800. The van der Waals surface area contributed by atoms with Crippen LogP contribution in [0.1, 0.15) is 78.1 Å². The highest BCUT2D eigenvalue weighted by atomic mass is 14.4. The predicted molar refractivity (Wildman–Crippen MR) is 87.1 cm³/mol. The van der Waals surface area contributed by atoms with Gasteiger partial charge >= 0.3 is 0 Å². The Balaban J connectivity index is 1.38. The van der Waals surface area contributed by atoms with Gasteiger partial charge < -0.3 is 0 Å². The maximum atomic E-state index is 2.44. The maximum absolute atomic E-state index is 2.44. The third-order valence-corrected chi connectivity index (χ3v) is 6.27. The van der Waals surface area contributed by atoms with Gasteiger partial charge in [0.2, 0.25) is 0 Å². The van der Waals surface area contributed by atoms with Crippen molar-refractivity contribution in [3.05, 3.63) is 24.0 Å². The summed E-state index contributed by atoms with van der Waals surface area (Å²) in [6, 6.07) is 0. The van der Waals surface area contributed by atoms with Crippen LogP contribution in [-0.4, -0.2) is 0 Å². The van der Waals surface area contributed by atoms with Crippen LogP contribution >= 0.6 is 0 Å². The summed E-state index contributed by atoms with van der Waals surface area (Å²) in [4.78, 5) is 0. The minimum atomic E-state index is 0.977. The van der Waals surface area contributed by atoms with Crippen molar-refractivity contribution >= 4 is 0 Å². The van der Waals surface area contributed by atoms with Gasteiger partial charge in [0.25, 0.3) is 0 Å². The monoisotopic (exact) mass is 272 g/mol. The molecule has 2 unspecified atom stereocenters. The van der Waals surface area contributed by atoms with Gasteiger partial charge in [-0.1, -0.05) is 19.1 Å². The van der Waals surface area contributed by atoms with Crippen LogP contribution in [0.2, 0.25) is 0 Å². The lowest BCUT2D eigenvalue weighted by Crippen LogP contribution is -2.23. The minimum absolute atomic E-state index is 0.977. The van der Waals surface area contributed by atoms with Crippen molar-refractivity contribution in [1.82, 2.24) is 0 Å². The average Bonchev–Trinajstić information content (AvgIpc) is 3.16. The van der Waals surface area contributed by atoms with Crippen LogP contribution in [0.25, 0.3) is 0 Å². The van der Waals surface area contributed by atoms with E-state index in [1.165, 1.54) is 57.8 Å². The van der Waals surface area contributed by atoms with Crippen molar-refractivity contribution in [3.63, 3.8) is 0 Å². The quantitative estimate of drug-likeness (QED) is 0.577. The van der Waals surface area contributed by atoms with Crippen LogP contribution in [0.15, 0.2) is 12.2 Å². The molecule has 112 valence electrons. The van der Waals surface area contributed by atoms with Crippen molar-refractivity contribution in [3.8, 4) is 0 Å². The summed E-state index contributed by atoms with van der Waals surface area (Å²) in [6.07, 6.45) is 19.2. The number of hydrogen-bond acceptors (Lipinski definition) is 0. The zero-order valence-corrected chi connectivity index (χ0v) is 13.5. The Morgan fingerprint density at radius 1 is 1.00 bits per heavy atom. The predicted octanol–water partition coefficient (Wildman–Crippen LogP) is 6.14. The van der Waals surface area contributed by atoms with Crippen molar-refractivity contribution in [2.75, 3.05) is 0 Å². The van der Waals surface area contributed by atoms with Crippen molar-refractivity contribution in [1.29, 1.82) is 0 Å². The molecule has 3 rings (SSSR count). The summed E-state index contributed by atoms with van der Waals surface area (Å²) in [5.41, 5.74) is 0. The van der Waals surface area contributed by atoms with Gasteiger partial charge in [0, 0.05) is 0 Å². The van der Waals surface area contributed by atoms with Gasteiger partial charge in [-0.3, -0.25) is 0 Å². The maximum Gasteiger partial charge on any atom is -0.00272 e. The molecular weight excluding hydrogens is 240 g/mol. The van der Waals surface area contributed by atoms with Crippen LogP contribution < -0.4 is 0 Å². The molecule has 3 aliphatic carbocycles. The van der Waals surface area contributed by atoms with E-state index in [4.69, 9.17) is 0 Å². The first kappa shape index (κ1) is 14.7. The van der Waals surface area contributed by atoms with Gasteiger partial charge in [0.1, 0.15) is 0 Å². The van der Waals surface area contributed by atoms with Crippen molar-refractivity contribution in [2.45, 2.75) is 78.1 Å². The molecule has 3 fully saturated rings. The zero-order valence-electron chi connectivity index (χ0n) is 13.5. The third kappa shape index (κ3) is 3.68. The van der Waals surface area contributed by atoms with Crippen LogP contribution in [0.4, 0.5) is 0 Å². The van der Waals surface area contributed by atoms with E-state index >= 15 is 0 Å². The first-order chi connectivity index (χ1) is 9.76. The minimum Gasteiger partial charge on any atom is -0.0911 e. The Hall–Kier alpha value is -0.260. The van der Waals surface area contributed by atoms with Crippen LogP contribution in [-0.2, 0) is 0 Å². The molecule has 0 aliphatic heterocycles. The zero-order chi connectivity index (χ0) is 13.9. The van der Waals surface area contributed by atoms with E-state index in [2.05, 4.69) is 26.0 Å². The molecule has 3 aliphatic rings. The largest absolute Gasteiger partial charge is 0.0911 e. The van der Waals surface area contributed by atoms with Gasteiger partial charge in [-0.25, -0.2) is 0 Å². The standard InChI is InChI=1S/C20H32/c1-3-4-16-5-9-18(10-6-16)19-11-7-17(8-12-19)14-20-13-15(20)2/h3-4,15,17-18,20H,5-14H2,1-2H3/b4-3+. The van der Waals surface area contributed by atoms with E-state index < -0.39 is 0 Å². The van der Waals surface area contributed by atoms with Gasteiger partial charge in [-0.2, -0.15) is 0 Å². The molecule has 0 aromatic rings. The molecule has 2 atom stereocenters. The third-order valence-electron chi connectivity index (χ3n) is 6.27. The molecule has 0 aromatic heterocycles. The van der Waals surface area contributed by atoms with E-state index in [1.54, 1.807) is 12.3 Å². The van der Waals surface area contributed by atoms with E-state index in [0.29, 0.717) is 0 Å². The Bertz CT molecular complexity index is 313. The van der Waals surface area contributed by atoms with E-state index in [0.717, 1.165) is 23.7 Å². The molecule has 0 heterocycles. The fourth-order valence-electron chi connectivity index (χ4n) is 4.65. The van der Waals surface area contributed by atoms with Crippen LogP contribution in [0.3, 0.4) is 0 Å². The molecule has 0 aromatic carbocycles. The summed E-state index contributed by atoms with van der Waals surface area (Å²) in [5.74, 6) is 7.85. The molecule has 0 saturated heterocycles. The molecule has 3 saturated carbocycles. The lowest BCUT2D eigenvalue weighted by atomic mass is 9.68. The van der Waals surface area contributed by atoms with Gasteiger partial charge in [-0.05, 0) is 107 Å². The Labute approximate surface area is 126 Å². The topological polar surface area (TPSA) is 0 Å². The first-order valence-electron chi connectivity index (χ1n) is 9.08. The SMILES string of the molecule is C/C=C/[C]1CCC([C]2CCC(CC3CC3C)CC2)CC1. The van der Waals surface area contributed by atoms with Crippen molar-refractivity contribution in [2.24, 2.45) is 23.7 Å². The Morgan fingerprint density at radius 3 is 2.20 bits per heavy atom. The molecule has 0 bridgehead atoms. The van der Waals surface area contributed by atoms with Crippen molar-refractivity contribution < 1.29 is 0 Å². The van der Waals surface area contributed by atoms with Crippen LogP contribution in [0.5, 0.6) is 0 Å².